The maximum Gasteiger partial charge on any atom is 0.254 e. The smallest absolute Gasteiger partial charge is 0.254 e. The highest BCUT2D eigenvalue weighted by atomic mass is 19.2. The summed E-state index contributed by atoms with van der Waals surface area (Å²) in [7, 11) is 0. The summed E-state index contributed by atoms with van der Waals surface area (Å²) in [5, 5.41) is 0. The Labute approximate surface area is 143 Å². The van der Waals surface area contributed by atoms with E-state index in [0.29, 0.717) is 12.8 Å². The van der Waals surface area contributed by atoms with Crippen LogP contribution in [0.15, 0.2) is 18.2 Å². The molecular weight excluding hydrogens is 330 g/mol. The highest BCUT2D eigenvalue weighted by molar-refractivity contribution is 6.02. The molecule has 0 aromatic heterocycles. The van der Waals surface area contributed by atoms with Gasteiger partial charge >= 0.3 is 0 Å². The van der Waals surface area contributed by atoms with Gasteiger partial charge in [0.2, 0.25) is 11.8 Å². The molecule has 0 N–H and O–H groups in total. The normalized spacial score (nSPS) is 28.8. The molecule has 3 aliphatic rings. The zero-order chi connectivity index (χ0) is 17.7. The van der Waals surface area contributed by atoms with E-state index in [4.69, 9.17) is 0 Å². The molecule has 25 heavy (non-hydrogen) atoms. The van der Waals surface area contributed by atoms with E-state index in [2.05, 4.69) is 0 Å². The predicted octanol–water partition coefficient (Wildman–Crippen LogP) is 2.25. The number of benzene rings is 1. The molecule has 7 heteroatoms. The first kappa shape index (κ1) is 16.2. The molecule has 3 fully saturated rings. The monoisotopic (exact) mass is 348 g/mol. The SMILES string of the molecule is O=C1CCC(=O)N1C1CC2CCC(C1)N2C(=O)c1ccc(F)c(F)c1. The van der Waals surface area contributed by atoms with Gasteiger partial charge in [-0.2, -0.15) is 0 Å². The van der Waals surface area contributed by atoms with Crippen LogP contribution in [-0.4, -0.2) is 45.6 Å². The number of likely N-dealkylation sites (tertiary alicyclic amines) is 1. The number of nitrogens with zero attached hydrogens (tertiary/aromatic N) is 2. The molecular formula is C18H18F2N2O3. The van der Waals surface area contributed by atoms with Crippen molar-refractivity contribution in [1.82, 2.24) is 9.80 Å². The van der Waals surface area contributed by atoms with Gasteiger partial charge in [-0.05, 0) is 43.9 Å². The fourth-order valence-corrected chi connectivity index (χ4v) is 4.47. The standard InChI is InChI=1S/C18H18F2N2O3/c19-14-4-1-10(7-15(14)20)18(25)21-11-2-3-12(21)9-13(8-11)22-16(23)5-6-17(22)24/h1,4,7,11-13H,2-3,5-6,8-9H2. The van der Waals surface area contributed by atoms with Crippen molar-refractivity contribution in [2.75, 3.05) is 0 Å². The average Bonchev–Trinajstić information content (AvgIpc) is 3.05. The highest BCUT2D eigenvalue weighted by Crippen LogP contribution is 2.39. The summed E-state index contributed by atoms with van der Waals surface area (Å²) in [5.41, 5.74) is 0.127. The molecule has 4 rings (SSSR count). The van der Waals surface area contributed by atoms with Gasteiger partial charge in [-0.1, -0.05) is 0 Å². The minimum absolute atomic E-state index is 0.0782. The van der Waals surface area contributed by atoms with Crippen molar-refractivity contribution in [3.63, 3.8) is 0 Å². The Morgan fingerprint density at radius 1 is 0.920 bits per heavy atom. The lowest BCUT2D eigenvalue weighted by molar-refractivity contribution is -0.142. The minimum Gasteiger partial charge on any atom is -0.333 e. The van der Waals surface area contributed by atoms with E-state index >= 15 is 0 Å². The van der Waals surface area contributed by atoms with Crippen molar-refractivity contribution < 1.29 is 23.2 Å². The lowest BCUT2D eigenvalue weighted by atomic mass is 9.95. The third-order valence-corrected chi connectivity index (χ3v) is 5.56. The highest BCUT2D eigenvalue weighted by Gasteiger charge is 2.47. The molecule has 3 amide bonds. The molecule has 2 atom stereocenters. The Morgan fingerprint density at radius 2 is 1.52 bits per heavy atom. The van der Waals surface area contributed by atoms with Crippen LogP contribution in [0.2, 0.25) is 0 Å². The Kier molecular flexibility index (Phi) is 3.81. The summed E-state index contributed by atoms with van der Waals surface area (Å²) in [4.78, 5) is 39.8. The first-order chi connectivity index (χ1) is 12.0. The number of rotatable bonds is 2. The fraction of sp³-hybridized carbons (Fsp3) is 0.500. The largest absolute Gasteiger partial charge is 0.333 e. The molecule has 5 nitrogen and oxygen atoms in total. The van der Waals surface area contributed by atoms with Crippen molar-refractivity contribution in [2.45, 2.75) is 56.7 Å². The third-order valence-electron chi connectivity index (χ3n) is 5.56. The molecule has 132 valence electrons. The van der Waals surface area contributed by atoms with Crippen molar-refractivity contribution in [3.8, 4) is 0 Å². The van der Waals surface area contributed by atoms with Crippen LogP contribution in [0.25, 0.3) is 0 Å². The van der Waals surface area contributed by atoms with E-state index in [1.807, 2.05) is 0 Å². The van der Waals surface area contributed by atoms with Crippen molar-refractivity contribution in [2.24, 2.45) is 0 Å². The maximum atomic E-state index is 13.4. The van der Waals surface area contributed by atoms with Gasteiger partial charge in [-0.15, -0.1) is 0 Å². The average molecular weight is 348 g/mol. The van der Waals surface area contributed by atoms with Crippen LogP contribution in [0.1, 0.15) is 48.9 Å². The topological polar surface area (TPSA) is 57.7 Å². The van der Waals surface area contributed by atoms with Gasteiger partial charge in [-0.3, -0.25) is 19.3 Å². The van der Waals surface area contributed by atoms with E-state index in [-0.39, 0.29) is 54.3 Å². The lowest BCUT2D eigenvalue weighted by Gasteiger charge is -2.41. The van der Waals surface area contributed by atoms with Gasteiger partial charge in [0.05, 0.1) is 0 Å². The number of imide groups is 1. The zero-order valence-electron chi connectivity index (χ0n) is 13.6. The van der Waals surface area contributed by atoms with Crippen LogP contribution in [0.4, 0.5) is 8.78 Å². The van der Waals surface area contributed by atoms with Crippen molar-refractivity contribution in [1.29, 1.82) is 0 Å². The summed E-state index contributed by atoms with van der Waals surface area (Å²) in [6.07, 6.45) is 3.25. The van der Waals surface area contributed by atoms with E-state index in [9.17, 15) is 23.2 Å². The number of hydrogen-bond acceptors (Lipinski definition) is 3. The molecule has 0 saturated carbocycles. The predicted molar refractivity (Wildman–Crippen MR) is 83.4 cm³/mol. The molecule has 2 unspecified atom stereocenters. The first-order valence-corrected chi connectivity index (χ1v) is 8.58. The van der Waals surface area contributed by atoms with Crippen LogP contribution >= 0.6 is 0 Å². The molecule has 0 radical (unpaired) electrons. The number of piperidine rings is 1. The van der Waals surface area contributed by atoms with Gasteiger partial charge in [0.15, 0.2) is 11.6 Å². The van der Waals surface area contributed by atoms with Gasteiger partial charge in [0.1, 0.15) is 0 Å². The van der Waals surface area contributed by atoms with E-state index < -0.39 is 11.6 Å². The van der Waals surface area contributed by atoms with Gasteiger partial charge in [0, 0.05) is 36.5 Å². The molecule has 0 aliphatic carbocycles. The Bertz CT molecular complexity index is 737. The summed E-state index contributed by atoms with van der Waals surface area (Å²) in [6, 6.07) is 2.86. The van der Waals surface area contributed by atoms with E-state index in [1.54, 1.807) is 4.90 Å². The second-order valence-electron chi connectivity index (χ2n) is 7.01. The quantitative estimate of drug-likeness (QED) is 0.771. The second-order valence-corrected chi connectivity index (χ2v) is 7.01. The maximum absolute atomic E-state index is 13.4. The Hall–Kier alpha value is -2.31. The van der Waals surface area contributed by atoms with E-state index in [0.717, 1.165) is 25.0 Å². The minimum atomic E-state index is -1.04. The van der Waals surface area contributed by atoms with Crippen molar-refractivity contribution >= 4 is 17.7 Å². The van der Waals surface area contributed by atoms with Gasteiger partial charge in [0.25, 0.3) is 5.91 Å². The number of carbonyl (C=O) groups is 3. The van der Waals surface area contributed by atoms with Gasteiger partial charge in [-0.25, -0.2) is 8.78 Å². The molecule has 3 aliphatic heterocycles. The van der Waals surface area contributed by atoms with E-state index in [1.165, 1.54) is 11.0 Å². The summed E-state index contributed by atoms with van der Waals surface area (Å²) >= 11 is 0. The van der Waals surface area contributed by atoms with Crippen LogP contribution in [0.3, 0.4) is 0 Å². The van der Waals surface area contributed by atoms with Crippen LogP contribution in [0, 0.1) is 11.6 Å². The summed E-state index contributed by atoms with van der Waals surface area (Å²) < 4.78 is 26.5. The Balaban J connectivity index is 1.54. The van der Waals surface area contributed by atoms with Crippen LogP contribution in [0.5, 0.6) is 0 Å². The second kappa shape index (κ2) is 5.89. The van der Waals surface area contributed by atoms with Crippen molar-refractivity contribution in [3.05, 3.63) is 35.4 Å². The molecule has 3 saturated heterocycles. The van der Waals surface area contributed by atoms with Gasteiger partial charge < -0.3 is 4.90 Å². The molecule has 1 aromatic carbocycles. The summed E-state index contributed by atoms with van der Waals surface area (Å²) in [6.45, 7) is 0. The summed E-state index contributed by atoms with van der Waals surface area (Å²) in [5.74, 6) is -2.60. The number of halogens is 2. The fourth-order valence-electron chi connectivity index (χ4n) is 4.47. The molecule has 2 bridgehead atoms. The number of carbonyl (C=O) groups excluding carboxylic acids is 3. The Morgan fingerprint density at radius 3 is 2.08 bits per heavy atom. The van der Waals surface area contributed by atoms with Crippen LogP contribution in [-0.2, 0) is 9.59 Å². The molecule has 1 aromatic rings. The zero-order valence-corrected chi connectivity index (χ0v) is 13.6. The number of amides is 3. The number of hydrogen-bond donors (Lipinski definition) is 0. The molecule has 3 heterocycles. The van der Waals surface area contributed by atoms with Crippen LogP contribution < -0.4 is 0 Å². The lowest BCUT2D eigenvalue weighted by Crippen LogP contribution is -2.53. The number of fused-ring (bicyclic) bond motifs is 2. The first-order valence-electron chi connectivity index (χ1n) is 8.58. The third kappa shape index (κ3) is 2.62. The molecule has 0 spiro atoms.